The molecule has 0 aliphatic heterocycles. The lowest BCUT2D eigenvalue weighted by Crippen LogP contribution is -2.41. The Kier molecular flexibility index (Phi) is 6.57. The molecule has 1 aromatic rings. The van der Waals surface area contributed by atoms with Gasteiger partial charge in [0.25, 0.3) is 0 Å². The second-order valence-electron chi connectivity index (χ2n) is 4.95. The molecule has 106 valence electrons. The zero-order valence-electron chi connectivity index (χ0n) is 12.3. The molecule has 1 aromatic carbocycles. The number of carbonyl (C=O) groups excluding carboxylic acids is 1. The minimum Gasteiger partial charge on any atom is -0.341 e. The maximum absolute atomic E-state index is 12.4. The van der Waals surface area contributed by atoms with Gasteiger partial charge in [-0.2, -0.15) is 0 Å². The number of hydrogen-bond acceptors (Lipinski definition) is 2. The normalized spacial score (nSPS) is 12.5. The molecule has 1 rings (SSSR count). The second kappa shape index (κ2) is 7.95. The summed E-state index contributed by atoms with van der Waals surface area (Å²) in [5.41, 5.74) is 6.97. The van der Waals surface area contributed by atoms with Gasteiger partial charge in [-0.3, -0.25) is 4.79 Å². The highest BCUT2D eigenvalue weighted by molar-refractivity contribution is 5.83. The number of likely N-dealkylation sites (N-methyl/N-ethyl adjacent to an activating group) is 1. The van der Waals surface area contributed by atoms with Gasteiger partial charge in [-0.25, -0.2) is 0 Å². The number of nitrogens with zero attached hydrogens (tertiary/aromatic N) is 1. The minimum atomic E-state index is -0.546. The van der Waals surface area contributed by atoms with Crippen LogP contribution in [0.2, 0.25) is 0 Å². The van der Waals surface area contributed by atoms with E-state index in [1.54, 1.807) is 0 Å². The summed E-state index contributed by atoms with van der Waals surface area (Å²) in [5.74, 6) is 0.590. The predicted octanol–water partition coefficient (Wildman–Crippen LogP) is 2.97. The molecule has 0 aliphatic carbocycles. The van der Waals surface area contributed by atoms with Gasteiger partial charge in [0.2, 0.25) is 5.91 Å². The summed E-state index contributed by atoms with van der Waals surface area (Å²) >= 11 is 0. The molecule has 3 nitrogen and oxygen atoms in total. The summed E-state index contributed by atoms with van der Waals surface area (Å²) in [5, 5.41) is 0. The molecule has 0 saturated carbocycles. The molecule has 19 heavy (non-hydrogen) atoms. The predicted molar refractivity (Wildman–Crippen MR) is 79.7 cm³/mol. The molecule has 0 heterocycles. The minimum absolute atomic E-state index is 0.0283. The van der Waals surface area contributed by atoms with Crippen molar-refractivity contribution in [3.05, 3.63) is 35.9 Å². The quantitative estimate of drug-likeness (QED) is 0.821. The molecule has 3 heteroatoms. The third kappa shape index (κ3) is 4.35. The van der Waals surface area contributed by atoms with E-state index in [0.29, 0.717) is 5.92 Å². The number of hydrogen-bond donors (Lipinski definition) is 1. The van der Waals surface area contributed by atoms with Crippen LogP contribution in [0.25, 0.3) is 0 Å². The number of nitrogens with two attached hydrogens (primary N) is 1. The van der Waals surface area contributed by atoms with Gasteiger partial charge in [-0.05, 0) is 18.4 Å². The lowest BCUT2D eigenvalue weighted by Gasteiger charge is -2.28. The Morgan fingerprint density at radius 3 is 2.21 bits per heavy atom. The number of rotatable bonds is 7. The van der Waals surface area contributed by atoms with Crippen molar-refractivity contribution >= 4 is 5.91 Å². The Bertz CT molecular complexity index is 374. The second-order valence-corrected chi connectivity index (χ2v) is 4.95. The molecule has 0 radical (unpaired) electrons. The van der Waals surface area contributed by atoms with Crippen LogP contribution in [-0.4, -0.2) is 23.9 Å². The summed E-state index contributed by atoms with van der Waals surface area (Å²) in [6, 6.07) is 9.04. The number of benzene rings is 1. The third-order valence-electron chi connectivity index (χ3n) is 3.75. The number of amides is 1. The smallest absolute Gasteiger partial charge is 0.244 e. The van der Waals surface area contributed by atoms with Gasteiger partial charge in [0.05, 0.1) is 0 Å². The van der Waals surface area contributed by atoms with Crippen molar-refractivity contribution in [1.29, 1.82) is 0 Å². The van der Waals surface area contributed by atoms with Gasteiger partial charge in [0, 0.05) is 13.1 Å². The highest BCUT2D eigenvalue weighted by Gasteiger charge is 2.22. The largest absolute Gasteiger partial charge is 0.341 e. The lowest BCUT2D eigenvalue weighted by molar-refractivity contribution is -0.133. The molecule has 1 amide bonds. The zero-order valence-corrected chi connectivity index (χ0v) is 12.3. The van der Waals surface area contributed by atoms with Crippen LogP contribution in [-0.2, 0) is 4.79 Å². The summed E-state index contributed by atoms with van der Waals surface area (Å²) < 4.78 is 0. The van der Waals surface area contributed by atoms with Crippen LogP contribution in [0, 0.1) is 5.92 Å². The van der Waals surface area contributed by atoms with Crippen molar-refractivity contribution in [2.45, 2.75) is 39.7 Å². The van der Waals surface area contributed by atoms with Crippen LogP contribution >= 0.6 is 0 Å². The molecule has 0 unspecified atom stereocenters. The molecule has 0 aromatic heterocycles. The molecule has 0 aliphatic rings. The van der Waals surface area contributed by atoms with Crippen LogP contribution in [0.4, 0.5) is 0 Å². The van der Waals surface area contributed by atoms with E-state index in [1.807, 2.05) is 42.2 Å². The highest BCUT2D eigenvalue weighted by Crippen LogP contribution is 2.16. The fraction of sp³-hybridized carbons (Fsp3) is 0.562. The van der Waals surface area contributed by atoms with Crippen molar-refractivity contribution in [2.24, 2.45) is 11.7 Å². The van der Waals surface area contributed by atoms with Gasteiger partial charge in [-0.15, -0.1) is 0 Å². The van der Waals surface area contributed by atoms with Crippen LogP contribution in [0.15, 0.2) is 30.3 Å². The van der Waals surface area contributed by atoms with E-state index >= 15 is 0 Å². The average Bonchev–Trinajstić information content (AvgIpc) is 2.48. The van der Waals surface area contributed by atoms with Crippen LogP contribution in [0.1, 0.15) is 45.2 Å². The van der Waals surface area contributed by atoms with Crippen molar-refractivity contribution in [2.75, 3.05) is 13.1 Å². The van der Waals surface area contributed by atoms with Crippen LogP contribution in [0.3, 0.4) is 0 Å². The molecular weight excluding hydrogens is 236 g/mol. The fourth-order valence-electron chi connectivity index (χ4n) is 2.23. The maximum atomic E-state index is 12.4. The van der Waals surface area contributed by atoms with Gasteiger partial charge in [-0.1, -0.05) is 57.0 Å². The maximum Gasteiger partial charge on any atom is 0.244 e. The van der Waals surface area contributed by atoms with E-state index in [0.717, 1.165) is 31.5 Å². The monoisotopic (exact) mass is 262 g/mol. The molecule has 0 spiro atoms. The zero-order chi connectivity index (χ0) is 14.3. The molecule has 0 fully saturated rings. The van der Waals surface area contributed by atoms with Gasteiger partial charge in [0.15, 0.2) is 0 Å². The average molecular weight is 262 g/mol. The van der Waals surface area contributed by atoms with E-state index in [2.05, 4.69) is 13.8 Å². The topological polar surface area (TPSA) is 46.3 Å². The van der Waals surface area contributed by atoms with Crippen molar-refractivity contribution in [3.8, 4) is 0 Å². The SMILES string of the molecule is CCC(CC)CN(CC)C(=O)[C@H](N)c1ccccc1. The van der Waals surface area contributed by atoms with Crippen molar-refractivity contribution in [3.63, 3.8) is 0 Å². The standard InChI is InChI=1S/C16H26N2O/c1-4-13(5-2)12-18(6-3)16(19)15(17)14-10-8-7-9-11-14/h7-11,13,15H,4-6,12,17H2,1-3H3/t15-/m1/s1. The Labute approximate surface area is 116 Å². The Balaban J connectivity index is 2.73. The summed E-state index contributed by atoms with van der Waals surface area (Å²) in [6.45, 7) is 7.88. The van der Waals surface area contributed by atoms with Crippen LogP contribution < -0.4 is 5.73 Å². The molecular formula is C16H26N2O. The van der Waals surface area contributed by atoms with Gasteiger partial charge < -0.3 is 10.6 Å². The molecule has 0 saturated heterocycles. The van der Waals surface area contributed by atoms with Gasteiger partial charge in [0.1, 0.15) is 6.04 Å². The Morgan fingerprint density at radius 1 is 1.16 bits per heavy atom. The lowest BCUT2D eigenvalue weighted by atomic mass is 10.0. The van der Waals surface area contributed by atoms with E-state index in [9.17, 15) is 4.79 Å². The Hall–Kier alpha value is -1.35. The summed E-state index contributed by atoms with van der Waals surface area (Å²) in [4.78, 5) is 14.3. The van der Waals surface area contributed by atoms with E-state index in [1.165, 1.54) is 0 Å². The van der Waals surface area contributed by atoms with Crippen LogP contribution in [0.5, 0.6) is 0 Å². The summed E-state index contributed by atoms with van der Waals surface area (Å²) in [6.07, 6.45) is 2.20. The first-order valence-electron chi connectivity index (χ1n) is 7.23. The first kappa shape index (κ1) is 15.7. The van der Waals surface area contributed by atoms with Gasteiger partial charge >= 0.3 is 0 Å². The van der Waals surface area contributed by atoms with Crippen molar-refractivity contribution in [1.82, 2.24) is 4.90 Å². The van der Waals surface area contributed by atoms with E-state index in [4.69, 9.17) is 5.73 Å². The third-order valence-corrected chi connectivity index (χ3v) is 3.75. The highest BCUT2D eigenvalue weighted by atomic mass is 16.2. The Morgan fingerprint density at radius 2 is 1.74 bits per heavy atom. The van der Waals surface area contributed by atoms with Crippen molar-refractivity contribution < 1.29 is 4.79 Å². The molecule has 2 N–H and O–H groups in total. The number of carbonyl (C=O) groups is 1. The van der Waals surface area contributed by atoms with E-state index < -0.39 is 6.04 Å². The molecule has 1 atom stereocenters. The summed E-state index contributed by atoms with van der Waals surface area (Å²) in [7, 11) is 0. The first-order valence-corrected chi connectivity index (χ1v) is 7.23. The first-order chi connectivity index (χ1) is 9.13. The fourth-order valence-corrected chi connectivity index (χ4v) is 2.23. The molecule has 0 bridgehead atoms. The van der Waals surface area contributed by atoms with E-state index in [-0.39, 0.29) is 5.91 Å².